The summed E-state index contributed by atoms with van der Waals surface area (Å²) in [5.74, 6) is 0. The average molecular weight is 257 g/mol. The molecule has 18 heavy (non-hydrogen) atoms. The number of amidine groups is 1. The van der Waals surface area contributed by atoms with E-state index in [0.29, 0.717) is 5.17 Å². The van der Waals surface area contributed by atoms with Crippen LogP contribution < -0.4 is 5.32 Å². The van der Waals surface area contributed by atoms with Crippen molar-refractivity contribution in [1.82, 2.24) is 15.5 Å². The van der Waals surface area contributed by atoms with Crippen LogP contribution in [0.2, 0.25) is 0 Å². The first-order chi connectivity index (χ1) is 8.83. The molecule has 0 aliphatic carbocycles. The molecule has 0 bridgehead atoms. The molecule has 1 heterocycles. The van der Waals surface area contributed by atoms with Gasteiger partial charge in [-0.15, -0.1) is 0 Å². The fraction of sp³-hybridized carbons (Fsp3) is 0.0833. The van der Waals surface area contributed by atoms with Gasteiger partial charge in [-0.25, -0.2) is 4.99 Å². The quantitative estimate of drug-likeness (QED) is 0.375. The molecule has 0 aliphatic heterocycles. The second kappa shape index (κ2) is 5.89. The standard InChI is InChI=1S/C12H11N5S/c1-18-12(14-8-13)16-10-4-2-3-9(7-10)11-5-6-15-17-11/h2-7H,1H3,(H,14,16)(H,15,17). The van der Waals surface area contributed by atoms with Gasteiger partial charge in [0.1, 0.15) is 0 Å². The van der Waals surface area contributed by atoms with Crippen molar-refractivity contribution in [2.45, 2.75) is 0 Å². The summed E-state index contributed by atoms with van der Waals surface area (Å²) >= 11 is 1.39. The van der Waals surface area contributed by atoms with Crippen LogP contribution in [-0.4, -0.2) is 21.6 Å². The normalized spacial score (nSPS) is 11.0. The average Bonchev–Trinajstić information content (AvgIpc) is 2.92. The van der Waals surface area contributed by atoms with E-state index in [2.05, 4.69) is 20.5 Å². The summed E-state index contributed by atoms with van der Waals surface area (Å²) < 4.78 is 0. The molecule has 1 aromatic heterocycles. The summed E-state index contributed by atoms with van der Waals surface area (Å²) in [6, 6.07) is 9.60. The van der Waals surface area contributed by atoms with Crippen molar-refractivity contribution in [3.8, 4) is 17.5 Å². The number of nitriles is 1. The van der Waals surface area contributed by atoms with E-state index in [1.807, 2.05) is 42.8 Å². The number of hydrogen-bond donors (Lipinski definition) is 2. The molecule has 0 atom stereocenters. The third-order valence-corrected chi connectivity index (χ3v) is 2.82. The number of nitrogens with one attached hydrogen (secondary N) is 2. The lowest BCUT2D eigenvalue weighted by Crippen LogP contribution is -2.12. The zero-order valence-electron chi connectivity index (χ0n) is 9.71. The minimum Gasteiger partial charge on any atom is -0.278 e. The predicted octanol–water partition coefficient (Wildman–Crippen LogP) is 2.50. The Bertz CT molecular complexity index is 583. The van der Waals surface area contributed by atoms with Crippen molar-refractivity contribution < 1.29 is 0 Å². The molecule has 0 spiro atoms. The van der Waals surface area contributed by atoms with Gasteiger partial charge in [0.2, 0.25) is 0 Å². The molecule has 0 saturated heterocycles. The third-order valence-electron chi connectivity index (χ3n) is 2.24. The highest BCUT2D eigenvalue weighted by Gasteiger charge is 2.01. The second-order valence-corrected chi connectivity index (χ2v) is 4.17. The van der Waals surface area contributed by atoms with E-state index < -0.39 is 0 Å². The molecular formula is C12H11N5S. The topological polar surface area (TPSA) is 76.9 Å². The molecular weight excluding hydrogens is 246 g/mol. The SMILES string of the molecule is CSC(=Nc1cccc(-c2ccn[nH]2)c1)NC#N. The van der Waals surface area contributed by atoms with Crippen LogP contribution in [0, 0.1) is 11.5 Å². The molecule has 2 rings (SSSR count). The van der Waals surface area contributed by atoms with Crippen LogP contribution in [0.5, 0.6) is 0 Å². The highest BCUT2D eigenvalue weighted by atomic mass is 32.2. The van der Waals surface area contributed by atoms with Crippen molar-refractivity contribution in [2.75, 3.05) is 6.26 Å². The molecule has 0 amide bonds. The van der Waals surface area contributed by atoms with Gasteiger partial charge in [-0.1, -0.05) is 23.9 Å². The van der Waals surface area contributed by atoms with E-state index in [1.165, 1.54) is 11.8 Å². The molecule has 6 heteroatoms. The maximum Gasteiger partial charge on any atom is 0.183 e. The van der Waals surface area contributed by atoms with Crippen LogP contribution in [0.1, 0.15) is 0 Å². The largest absolute Gasteiger partial charge is 0.278 e. The van der Waals surface area contributed by atoms with E-state index in [4.69, 9.17) is 5.26 Å². The number of thioether (sulfide) groups is 1. The van der Waals surface area contributed by atoms with Gasteiger partial charge in [0.15, 0.2) is 11.4 Å². The minimum absolute atomic E-state index is 0.569. The fourth-order valence-corrected chi connectivity index (χ4v) is 1.79. The maximum absolute atomic E-state index is 8.58. The van der Waals surface area contributed by atoms with Gasteiger partial charge in [0.05, 0.1) is 11.4 Å². The molecule has 5 nitrogen and oxygen atoms in total. The van der Waals surface area contributed by atoms with Crippen molar-refractivity contribution >= 4 is 22.6 Å². The Hall–Kier alpha value is -2.26. The molecule has 2 aromatic rings. The van der Waals surface area contributed by atoms with E-state index >= 15 is 0 Å². The third kappa shape index (κ3) is 2.90. The van der Waals surface area contributed by atoms with Gasteiger partial charge in [0, 0.05) is 11.8 Å². The van der Waals surface area contributed by atoms with Crippen molar-refractivity contribution in [3.05, 3.63) is 36.5 Å². The van der Waals surface area contributed by atoms with Crippen molar-refractivity contribution in [2.24, 2.45) is 4.99 Å². The molecule has 0 unspecified atom stereocenters. The van der Waals surface area contributed by atoms with Gasteiger partial charge in [-0.05, 0) is 24.5 Å². The van der Waals surface area contributed by atoms with E-state index in [-0.39, 0.29) is 0 Å². The number of rotatable bonds is 2. The zero-order chi connectivity index (χ0) is 12.8. The van der Waals surface area contributed by atoms with Gasteiger partial charge in [-0.2, -0.15) is 10.4 Å². The number of aromatic amines is 1. The summed E-state index contributed by atoms with van der Waals surface area (Å²) in [5.41, 5.74) is 2.73. The zero-order valence-corrected chi connectivity index (χ0v) is 10.5. The van der Waals surface area contributed by atoms with E-state index in [0.717, 1.165) is 16.9 Å². The minimum atomic E-state index is 0.569. The summed E-state index contributed by atoms with van der Waals surface area (Å²) in [6.45, 7) is 0. The monoisotopic (exact) mass is 257 g/mol. The highest BCUT2D eigenvalue weighted by molar-refractivity contribution is 8.13. The Morgan fingerprint density at radius 3 is 3.06 bits per heavy atom. The Morgan fingerprint density at radius 2 is 2.39 bits per heavy atom. The van der Waals surface area contributed by atoms with Crippen LogP contribution in [0.4, 0.5) is 5.69 Å². The highest BCUT2D eigenvalue weighted by Crippen LogP contribution is 2.22. The van der Waals surface area contributed by atoms with Gasteiger partial charge >= 0.3 is 0 Å². The lowest BCUT2D eigenvalue weighted by molar-refractivity contribution is 1.10. The smallest absolute Gasteiger partial charge is 0.183 e. The second-order valence-electron chi connectivity index (χ2n) is 3.38. The van der Waals surface area contributed by atoms with E-state index in [9.17, 15) is 0 Å². The lowest BCUT2D eigenvalue weighted by atomic mass is 10.1. The Labute approximate surface area is 109 Å². The van der Waals surface area contributed by atoms with Crippen LogP contribution in [0.15, 0.2) is 41.5 Å². The van der Waals surface area contributed by atoms with Crippen LogP contribution >= 0.6 is 11.8 Å². The molecule has 0 saturated carbocycles. The summed E-state index contributed by atoms with van der Waals surface area (Å²) in [5, 5.41) is 18.5. The molecule has 0 aliphatic rings. The fourth-order valence-electron chi connectivity index (χ4n) is 1.45. The number of hydrogen-bond acceptors (Lipinski definition) is 4. The predicted molar refractivity (Wildman–Crippen MR) is 73.4 cm³/mol. The first-order valence-corrected chi connectivity index (χ1v) is 6.43. The van der Waals surface area contributed by atoms with Crippen LogP contribution in [0.25, 0.3) is 11.3 Å². The van der Waals surface area contributed by atoms with Gasteiger partial charge in [0.25, 0.3) is 0 Å². The van der Waals surface area contributed by atoms with E-state index in [1.54, 1.807) is 6.20 Å². The lowest BCUT2D eigenvalue weighted by Gasteiger charge is -2.02. The van der Waals surface area contributed by atoms with Crippen LogP contribution in [0.3, 0.4) is 0 Å². The number of benzene rings is 1. The Balaban J connectivity index is 2.31. The summed E-state index contributed by atoms with van der Waals surface area (Å²) in [4.78, 5) is 4.35. The van der Waals surface area contributed by atoms with Crippen molar-refractivity contribution in [3.63, 3.8) is 0 Å². The summed E-state index contributed by atoms with van der Waals surface area (Å²) in [6.07, 6.45) is 5.43. The van der Waals surface area contributed by atoms with Gasteiger partial charge < -0.3 is 0 Å². The first kappa shape index (κ1) is 12.2. The van der Waals surface area contributed by atoms with Crippen molar-refractivity contribution in [1.29, 1.82) is 5.26 Å². The number of H-pyrrole nitrogens is 1. The first-order valence-electron chi connectivity index (χ1n) is 5.21. The molecule has 0 fully saturated rings. The number of aromatic nitrogens is 2. The molecule has 2 N–H and O–H groups in total. The Morgan fingerprint density at radius 1 is 1.50 bits per heavy atom. The molecule has 90 valence electrons. The number of nitrogens with zero attached hydrogens (tertiary/aromatic N) is 3. The Kier molecular flexibility index (Phi) is 3.99. The van der Waals surface area contributed by atoms with Gasteiger partial charge in [-0.3, -0.25) is 10.4 Å². The molecule has 1 aromatic carbocycles. The molecule has 0 radical (unpaired) electrons. The maximum atomic E-state index is 8.58. The number of aliphatic imine (C=N–C) groups is 1. The summed E-state index contributed by atoms with van der Waals surface area (Å²) in [7, 11) is 0. The van der Waals surface area contributed by atoms with Crippen LogP contribution in [-0.2, 0) is 0 Å².